The molecule has 1 aromatic heterocycles. The molecule has 0 spiro atoms. The largest absolute Gasteiger partial charge is 0.478 e. The molecule has 0 aliphatic carbocycles. The van der Waals surface area contributed by atoms with E-state index in [2.05, 4.69) is 4.98 Å². The lowest BCUT2D eigenvalue weighted by Crippen LogP contribution is -2.31. The molecule has 0 amide bonds. The van der Waals surface area contributed by atoms with Crippen molar-refractivity contribution in [2.75, 3.05) is 6.61 Å². The zero-order valence-electron chi connectivity index (χ0n) is 9.95. The summed E-state index contributed by atoms with van der Waals surface area (Å²) < 4.78 is 7.26. The third-order valence-electron chi connectivity index (χ3n) is 2.97. The number of aryl methyl sites for hydroxylation is 1. The van der Waals surface area contributed by atoms with Gasteiger partial charge in [0.15, 0.2) is 0 Å². The van der Waals surface area contributed by atoms with Crippen molar-refractivity contribution in [1.82, 2.24) is 9.55 Å². The highest BCUT2D eigenvalue weighted by Gasteiger charge is 2.18. The van der Waals surface area contributed by atoms with Gasteiger partial charge in [0.05, 0.1) is 12.2 Å². The minimum atomic E-state index is 0.0932. The predicted molar refractivity (Wildman–Crippen MR) is 62.0 cm³/mol. The molecule has 0 saturated heterocycles. The third-order valence-corrected chi connectivity index (χ3v) is 2.97. The molecule has 1 aliphatic rings. The standard InChI is InChI=1S/C12H18N2O2/c1-3-9-11(16-4-2)13-10-7-5-6-8-14(10)12(9)15/h3-8H2,1-2H3. The molecule has 2 heterocycles. The highest BCUT2D eigenvalue weighted by Crippen LogP contribution is 2.17. The molecule has 0 unspecified atom stereocenters. The second-order valence-corrected chi connectivity index (χ2v) is 4.01. The fourth-order valence-electron chi connectivity index (χ4n) is 2.15. The van der Waals surface area contributed by atoms with Crippen LogP contribution in [-0.2, 0) is 19.4 Å². The molecular formula is C12H18N2O2. The summed E-state index contributed by atoms with van der Waals surface area (Å²) in [6, 6.07) is 0. The molecule has 4 nitrogen and oxygen atoms in total. The van der Waals surface area contributed by atoms with E-state index in [-0.39, 0.29) is 5.56 Å². The fourth-order valence-corrected chi connectivity index (χ4v) is 2.15. The van der Waals surface area contributed by atoms with Crippen molar-refractivity contribution in [3.05, 3.63) is 21.7 Å². The van der Waals surface area contributed by atoms with Gasteiger partial charge in [-0.2, -0.15) is 4.98 Å². The van der Waals surface area contributed by atoms with Crippen molar-refractivity contribution in [2.24, 2.45) is 0 Å². The van der Waals surface area contributed by atoms with E-state index < -0.39 is 0 Å². The van der Waals surface area contributed by atoms with Crippen LogP contribution in [0.4, 0.5) is 0 Å². The van der Waals surface area contributed by atoms with Crippen LogP contribution in [0.15, 0.2) is 4.79 Å². The Hall–Kier alpha value is -1.32. The van der Waals surface area contributed by atoms with Gasteiger partial charge in [-0.15, -0.1) is 0 Å². The normalized spacial score (nSPS) is 14.6. The third kappa shape index (κ3) is 1.84. The van der Waals surface area contributed by atoms with Gasteiger partial charge in [-0.25, -0.2) is 0 Å². The van der Waals surface area contributed by atoms with Gasteiger partial charge in [-0.05, 0) is 26.2 Å². The van der Waals surface area contributed by atoms with Crippen LogP contribution in [0.2, 0.25) is 0 Å². The summed E-state index contributed by atoms with van der Waals surface area (Å²) in [6.07, 6.45) is 3.76. The van der Waals surface area contributed by atoms with E-state index in [1.54, 1.807) is 0 Å². The Morgan fingerprint density at radius 3 is 2.88 bits per heavy atom. The van der Waals surface area contributed by atoms with E-state index in [0.717, 1.165) is 31.6 Å². The molecule has 2 rings (SSSR count). The molecule has 0 N–H and O–H groups in total. The van der Waals surface area contributed by atoms with Crippen molar-refractivity contribution < 1.29 is 4.74 Å². The van der Waals surface area contributed by atoms with Gasteiger partial charge in [0.1, 0.15) is 5.82 Å². The zero-order chi connectivity index (χ0) is 11.5. The Morgan fingerprint density at radius 1 is 1.38 bits per heavy atom. The lowest BCUT2D eigenvalue weighted by molar-refractivity contribution is 0.315. The summed E-state index contributed by atoms with van der Waals surface area (Å²) in [4.78, 5) is 16.7. The number of hydrogen-bond donors (Lipinski definition) is 0. The Morgan fingerprint density at radius 2 is 2.19 bits per heavy atom. The quantitative estimate of drug-likeness (QED) is 0.779. The average Bonchev–Trinajstić information content (AvgIpc) is 2.30. The van der Waals surface area contributed by atoms with Crippen LogP contribution in [0, 0.1) is 0 Å². The highest BCUT2D eigenvalue weighted by atomic mass is 16.5. The molecule has 0 radical (unpaired) electrons. The van der Waals surface area contributed by atoms with E-state index in [1.807, 2.05) is 18.4 Å². The second-order valence-electron chi connectivity index (χ2n) is 4.01. The number of nitrogens with zero attached hydrogens (tertiary/aromatic N) is 2. The first kappa shape index (κ1) is 11.2. The Balaban J connectivity index is 2.55. The van der Waals surface area contributed by atoms with Crippen molar-refractivity contribution >= 4 is 0 Å². The highest BCUT2D eigenvalue weighted by molar-refractivity contribution is 5.25. The van der Waals surface area contributed by atoms with E-state index >= 15 is 0 Å². The molecule has 16 heavy (non-hydrogen) atoms. The van der Waals surface area contributed by atoms with Crippen LogP contribution in [0.25, 0.3) is 0 Å². The van der Waals surface area contributed by atoms with Crippen molar-refractivity contribution in [1.29, 1.82) is 0 Å². The van der Waals surface area contributed by atoms with E-state index in [9.17, 15) is 4.79 Å². The molecule has 1 aromatic rings. The smallest absolute Gasteiger partial charge is 0.260 e. The average molecular weight is 222 g/mol. The summed E-state index contributed by atoms with van der Waals surface area (Å²) in [7, 11) is 0. The number of rotatable bonds is 3. The molecule has 4 heteroatoms. The van der Waals surface area contributed by atoms with Gasteiger partial charge in [-0.3, -0.25) is 9.36 Å². The molecule has 88 valence electrons. The maximum atomic E-state index is 12.2. The number of hydrogen-bond acceptors (Lipinski definition) is 3. The molecule has 0 aromatic carbocycles. The van der Waals surface area contributed by atoms with Gasteiger partial charge in [0.2, 0.25) is 5.88 Å². The second kappa shape index (κ2) is 4.68. The van der Waals surface area contributed by atoms with Gasteiger partial charge < -0.3 is 4.74 Å². The minimum absolute atomic E-state index is 0.0932. The Bertz CT molecular complexity index is 437. The number of aromatic nitrogens is 2. The Kier molecular flexibility index (Phi) is 3.27. The monoisotopic (exact) mass is 222 g/mol. The number of fused-ring (bicyclic) bond motifs is 1. The predicted octanol–water partition coefficient (Wildman–Crippen LogP) is 1.54. The summed E-state index contributed by atoms with van der Waals surface area (Å²) in [5.41, 5.74) is 0.808. The maximum Gasteiger partial charge on any atom is 0.260 e. The number of ether oxygens (including phenoxy) is 1. The van der Waals surface area contributed by atoms with Crippen molar-refractivity contribution in [3.63, 3.8) is 0 Å². The van der Waals surface area contributed by atoms with Crippen LogP contribution >= 0.6 is 0 Å². The molecule has 0 atom stereocenters. The minimum Gasteiger partial charge on any atom is -0.478 e. The molecule has 0 bridgehead atoms. The molecular weight excluding hydrogens is 204 g/mol. The fraction of sp³-hybridized carbons (Fsp3) is 0.667. The molecule has 0 fully saturated rings. The summed E-state index contributed by atoms with van der Waals surface area (Å²) in [5, 5.41) is 0. The van der Waals surface area contributed by atoms with Crippen LogP contribution in [0.5, 0.6) is 5.88 Å². The lowest BCUT2D eigenvalue weighted by Gasteiger charge is -2.19. The van der Waals surface area contributed by atoms with Crippen LogP contribution < -0.4 is 10.3 Å². The van der Waals surface area contributed by atoms with Crippen LogP contribution in [0.1, 0.15) is 38.1 Å². The van der Waals surface area contributed by atoms with E-state index in [4.69, 9.17) is 4.74 Å². The van der Waals surface area contributed by atoms with E-state index in [1.165, 1.54) is 0 Å². The first-order valence-electron chi connectivity index (χ1n) is 6.03. The van der Waals surface area contributed by atoms with Gasteiger partial charge in [-0.1, -0.05) is 6.92 Å². The van der Waals surface area contributed by atoms with Gasteiger partial charge in [0, 0.05) is 13.0 Å². The van der Waals surface area contributed by atoms with Gasteiger partial charge in [0.25, 0.3) is 5.56 Å². The van der Waals surface area contributed by atoms with Crippen molar-refractivity contribution in [3.8, 4) is 5.88 Å². The van der Waals surface area contributed by atoms with Crippen molar-refractivity contribution in [2.45, 2.75) is 46.1 Å². The molecule has 1 aliphatic heterocycles. The first-order chi connectivity index (χ1) is 7.77. The summed E-state index contributed by atoms with van der Waals surface area (Å²) in [5.74, 6) is 1.43. The van der Waals surface area contributed by atoms with Crippen LogP contribution in [-0.4, -0.2) is 16.2 Å². The Labute approximate surface area is 95.3 Å². The van der Waals surface area contributed by atoms with Gasteiger partial charge >= 0.3 is 0 Å². The summed E-state index contributed by atoms with van der Waals surface area (Å²) in [6.45, 7) is 5.25. The SMILES string of the molecule is CCOc1nc2n(c(=O)c1CC)CCCC2. The lowest BCUT2D eigenvalue weighted by atomic mass is 10.1. The zero-order valence-corrected chi connectivity index (χ0v) is 9.95. The van der Waals surface area contributed by atoms with E-state index in [0.29, 0.717) is 24.5 Å². The summed E-state index contributed by atoms with van der Waals surface area (Å²) >= 11 is 0. The maximum absolute atomic E-state index is 12.2. The first-order valence-corrected chi connectivity index (χ1v) is 6.03. The topological polar surface area (TPSA) is 44.1 Å². The molecule has 0 saturated carbocycles. The van der Waals surface area contributed by atoms with Crippen LogP contribution in [0.3, 0.4) is 0 Å².